The van der Waals surface area contributed by atoms with Gasteiger partial charge >= 0.3 is 0 Å². The summed E-state index contributed by atoms with van der Waals surface area (Å²) in [4.78, 5) is 5.16. The monoisotopic (exact) mass is 182 g/mol. The molecule has 0 bridgehead atoms. The lowest BCUT2D eigenvalue weighted by Gasteiger charge is -2.27. The van der Waals surface area contributed by atoms with Crippen molar-refractivity contribution in [2.45, 2.75) is 38.1 Å². The minimum atomic E-state index is 0.146. The van der Waals surface area contributed by atoms with Crippen molar-refractivity contribution in [2.75, 3.05) is 14.2 Å². The molecule has 0 N–H and O–H groups in total. The number of hydroxylamine groups is 2. The van der Waals surface area contributed by atoms with E-state index >= 15 is 0 Å². The molecular formula is C10H18N2O. The molecule has 1 aliphatic rings. The van der Waals surface area contributed by atoms with Crippen LogP contribution in [-0.2, 0) is 4.84 Å². The number of hydrogen-bond acceptors (Lipinski definition) is 3. The van der Waals surface area contributed by atoms with E-state index in [-0.39, 0.29) is 12.0 Å². The average Bonchev–Trinajstić information content (AvgIpc) is 2.41. The van der Waals surface area contributed by atoms with Crippen molar-refractivity contribution in [2.24, 2.45) is 5.92 Å². The predicted molar refractivity (Wildman–Crippen MR) is 50.7 cm³/mol. The molecule has 13 heavy (non-hydrogen) atoms. The minimum absolute atomic E-state index is 0.146. The van der Waals surface area contributed by atoms with Gasteiger partial charge in [-0.2, -0.15) is 10.3 Å². The Hall–Kier alpha value is -0.590. The van der Waals surface area contributed by atoms with Gasteiger partial charge in [-0.3, -0.25) is 0 Å². The van der Waals surface area contributed by atoms with Gasteiger partial charge in [-0.1, -0.05) is 19.3 Å². The van der Waals surface area contributed by atoms with Crippen LogP contribution in [0, 0.1) is 17.2 Å². The van der Waals surface area contributed by atoms with E-state index in [1.54, 1.807) is 7.11 Å². The lowest BCUT2D eigenvalue weighted by Crippen LogP contribution is -2.36. The fourth-order valence-corrected chi connectivity index (χ4v) is 2.01. The number of hydrogen-bond donors (Lipinski definition) is 0. The molecule has 1 fully saturated rings. The summed E-state index contributed by atoms with van der Waals surface area (Å²) < 4.78 is 0. The zero-order chi connectivity index (χ0) is 9.68. The van der Waals surface area contributed by atoms with Crippen LogP contribution in [0.2, 0.25) is 0 Å². The molecule has 3 heteroatoms. The van der Waals surface area contributed by atoms with Crippen molar-refractivity contribution in [3.8, 4) is 6.07 Å². The molecule has 0 aromatic carbocycles. The summed E-state index contributed by atoms with van der Waals surface area (Å²) in [6.07, 6.45) is 5.77. The smallest absolute Gasteiger partial charge is 0.0673 e. The first-order chi connectivity index (χ1) is 6.29. The Morgan fingerprint density at radius 3 is 2.62 bits per heavy atom. The quantitative estimate of drug-likeness (QED) is 0.484. The summed E-state index contributed by atoms with van der Waals surface area (Å²) in [5, 5.41) is 10.8. The van der Waals surface area contributed by atoms with Gasteiger partial charge in [0.2, 0.25) is 0 Å². The van der Waals surface area contributed by atoms with Crippen LogP contribution in [0.15, 0.2) is 0 Å². The molecule has 0 saturated heterocycles. The van der Waals surface area contributed by atoms with Crippen LogP contribution >= 0.6 is 0 Å². The van der Waals surface area contributed by atoms with E-state index in [9.17, 15) is 0 Å². The van der Waals surface area contributed by atoms with E-state index < -0.39 is 0 Å². The first kappa shape index (κ1) is 10.5. The molecule has 1 saturated carbocycles. The third-order valence-electron chi connectivity index (χ3n) is 2.90. The zero-order valence-corrected chi connectivity index (χ0v) is 8.49. The van der Waals surface area contributed by atoms with Gasteiger partial charge in [0.15, 0.2) is 0 Å². The summed E-state index contributed by atoms with van der Waals surface area (Å²) in [7, 11) is 3.58. The van der Waals surface area contributed by atoms with Gasteiger partial charge in [-0.05, 0) is 12.8 Å². The summed E-state index contributed by atoms with van der Waals surface area (Å²) in [5.74, 6) is 0.146. The van der Waals surface area contributed by atoms with Gasteiger partial charge in [-0.15, -0.1) is 0 Å². The predicted octanol–water partition coefficient (Wildman–Crippen LogP) is 1.95. The van der Waals surface area contributed by atoms with Crippen molar-refractivity contribution < 1.29 is 4.84 Å². The number of nitrogens with zero attached hydrogens (tertiary/aromatic N) is 2. The highest BCUT2D eigenvalue weighted by atomic mass is 16.7. The third kappa shape index (κ3) is 2.68. The molecular weight excluding hydrogens is 164 g/mol. The molecule has 0 amide bonds. The second-order valence-electron chi connectivity index (χ2n) is 3.67. The van der Waals surface area contributed by atoms with Crippen molar-refractivity contribution in [3.63, 3.8) is 0 Å². The summed E-state index contributed by atoms with van der Waals surface area (Å²) in [5.41, 5.74) is 0. The maximum Gasteiger partial charge on any atom is 0.0673 e. The van der Waals surface area contributed by atoms with E-state index in [0.717, 1.165) is 12.8 Å². The van der Waals surface area contributed by atoms with E-state index in [4.69, 9.17) is 10.1 Å². The summed E-state index contributed by atoms with van der Waals surface area (Å²) >= 11 is 0. The molecule has 2 unspecified atom stereocenters. The second kappa shape index (κ2) is 5.21. The molecule has 2 atom stereocenters. The van der Waals surface area contributed by atoms with E-state index in [1.807, 2.05) is 12.1 Å². The Morgan fingerprint density at radius 2 is 2.00 bits per heavy atom. The minimum Gasteiger partial charge on any atom is -0.302 e. The van der Waals surface area contributed by atoms with Crippen LogP contribution in [0.25, 0.3) is 0 Å². The van der Waals surface area contributed by atoms with Crippen LogP contribution in [-0.4, -0.2) is 25.3 Å². The third-order valence-corrected chi connectivity index (χ3v) is 2.90. The molecule has 74 valence electrons. The molecule has 0 aliphatic heterocycles. The number of rotatable bonds is 2. The Morgan fingerprint density at radius 1 is 1.31 bits per heavy atom. The highest BCUT2D eigenvalue weighted by Gasteiger charge is 2.26. The van der Waals surface area contributed by atoms with Crippen LogP contribution in [0.4, 0.5) is 0 Å². The summed E-state index contributed by atoms with van der Waals surface area (Å²) in [6.45, 7) is 0. The van der Waals surface area contributed by atoms with Crippen LogP contribution in [0.1, 0.15) is 32.1 Å². The lowest BCUT2D eigenvalue weighted by atomic mass is 9.96. The fourth-order valence-electron chi connectivity index (χ4n) is 2.01. The van der Waals surface area contributed by atoms with Gasteiger partial charge in [0, 0.05) is 7.05 Å². The Labute approximate surface area is 80.2 Å². The fraction of sp³-hybridized carbons (Fsp3) is 0.900. The molecule has 1 aliphatic carbocycles. The van der Waals surface area contributed by atoms with E-state index in [2.05, 4.69) is 6.07 Å². The molecule has 0 heterocycles. The molecule has 0 radical (unpaired) electrons. The molecule has 0 aromatic rings. The standard InChI is InChI=1S/C10H18N2O/c1-12(13-2)10-7-5-3-4-6-9(10)8-11/h9-10H,3-7H2,1-2H3. The average molecular weight is 182 g/mol. The normalized spacial score (nSPS) is 29.7. The van der Waals surface area contributed by atoms with E-state index in [0.29, 0.717) is 0 Å². The Bertz CT molecular complexity index is 188. The van der Waals surface area contributed by atoms with Gasteiger partial charge < -0.3 is 4.84 Å². The SMILES string of the molecule is CON(C)C1CCCCCC1C#N. The Kier molecular flexibility index (Phi) is 4.20. The lowest BCUT2D eigenvalue weighted by molar-refractivity contribution is -0.150. The number of nitriles is 1. The molecule has 0 spiro atoms. The van der Waals surface area contributed by atoms with E-state index in [1.165, 1.54) is 19.3 Å². The van der Waals surface area contributed by atoms with Gasteiger partial charge in [0.25, 0.3) is 0 Å². The van der Waals surface area contributed by atoms with Gasteiger partial charge in [0.05, 0.1) is 25.1 Å². The molecule has 0 aromatic heterocycles. The molecule has 3 nitrogen and oxygen atoms in total. The topological polar surface area (TPSA) is 36.3 Å². The Balaban J connectivity index is 2.60. The van der Waals surface area contributed by atoms with Crippen molar-refractivity contribution in [1.82, 2.24) is 5.06 Å². The van der Waals surface area contributed by atoms with Crippen molar-refractivity contribution in [3.05, 3.63) is 0 Å². The largest absolute Gasteiger partial charge is 0.302 e. The zero-order valence-electron chi connectivity index (χ0n) is 8.49. The maximum atomic E-state index is 9.00. The molecule has 1 rings (SSSR count). The van der Waals surface area contributed by atoms with Crippen LogP contribution in [0.5, 0.6) is 0 Å². The van der Waals surface area contributed by atoms with Crippen LogP contribution in [0.3, 0.4) is 0 Å². The maximum absolute atomic E-state index is 9.00. The van der Waals surface area contributed by atoms with Crippen molar-refractivity contribution in [1.29, 1.82) is 5.26 Å². The van der Waals surface area contributed by atoms with Gasteiger partial charge in [-0.25, -0.2) is 0 Å². The summed E-state index contributed by atoms with van der Waals surface area (Å²) in [6, 6.07) is 2.68. The first-order valence-electron chi connectivity index (χ1n) is 4.96. The van der Waals surface area contributed by atoms with Gasteiger partial charge in [0.1, 0.15) is 0 Å². The second-order valence-corrected chi connectivity index (χ2v) is 3.67. The first-order valence-corrected chi connectivity index (χ1v) is 4.96. The van der Waals surface area contributed by atoms with Crippen molar-refractivity contribution >= 4 is 0 Å². The van der Waals surface area contributed by atoms with Crippen LogP contribution < -0.4 is 0 Å². The highest BCUT2D eigenvalue weighted by Crippen LogP contribution is 2.26. The highest BCUT2D eigenvalue weighted by molar-refractivity contribution is 4.92.